The van der Waals surface area contributed by atoms with Crippen LogP contribution < -0.4 is 113 Å². The van der Waals surface area contributed by atoms with Crippen molar-refractivity contribution in [3.63, 3.8) is 0 Å². The van der Waals surface area contributed by atoms with E-state index in [-0.39, 0.29) is 103 Å². The third kappa shape index (κ3) is 5.04. The quantitative estimate of drug-likeness (QED) is 0.397. The second-order valence-electron chi connectivity index (χ2n) is 4.79. The summed E-state index contributed by atoms with van der Waals surface area (Å²) in [6.07, 6.45) is -11.5. The Morgan fingerprint density at radius 1 is 0.520 bits per heavy atom. The van der Waals surface area contributed by atoms with Crippen LogP contribution in [0.4, 0.5) is 26.3 Å². The molecule has 2 nitrogen and oxygen atoms in total. The monoisotopic (exact) mass is 412 g/mol. The topological polar surface area (TPSA) is 46.1 Å². The van der Waals surface area contributed by atoms with Gasteiger partial charge >= 0.3 is 115 Å². The number of hydrogen-bond acceptors (Lipinski definition) is 2. The van der Waals surface area contributed by atoms with Gasteiger partial charge in [0.1, 0.15) is 0 Å². The van der Waals surface area contributed by atoms with Crippen LogP contribution in [0.15, 0.2) is 48.5 Å². The number of benzene rings is 2. The Hall–Kier alpha value is 0.893. The van der Waals surface area contributed by atoms with Crippen LogP contribution in [0.25, 0.3) is 0 Å². The van der Waals surface area contributed by atoms with E-state index in [1.54, 1.807) is 0 Å². The molecule has 0 unspecified atom stereocenters. The summed E-state index contributed by atoms with van der Waals surface area (Å²) in [6.45, 7) is 0. The first-order valence-electron chi connectivity index (χ1n) is 6.18. The summed E-state index contributed by atoms with van der Waals surface area (Å²) < 4.78 is 81.4. The maximum Gasteiger partial charge on any atom is 1.00 e. The third-order valence-corrected chi connectivity index (χ3v) is 3.43. The predicted molar refractivity (Wildman–Crippen MR) is 64.7 cm³/mol. The van der Waals surface area contributed by atoms with Crippen LogP contribution >= 0.6 is 0 Å². The first-order chi connectivity index (χ1) is 10.5. The molecule has 25 heavy (non-hydrogen) atoms. The fourth-order valence-electron chi connectivity index (χ4n) is 2.39. The molecule has 0 aromatic heterocycles. The standard InChI is InChI=1S/C15H10F6O2.2K/c16-14(17,18)13(15(19,20)21,9-1-5-11(22)6-2-9)10-3-7-12(23)8-4-10;;/h1-8,22-23H;;/q;2*+1/p-2. The zero-order valence-corrected chi connectivity index (χ0v) is 19.4. The van der Waals surface area contributed by atoms with Gasteiger partial charge in [-0.2, -0.15) is 26.3 Å². The van der Waals surface area contributed by atoms with E-state index in [0.29, 0.717) is 48.5 Å². The summed E-state index contributed by atoms with van der Waals surface area (Å²) >= 11 is 0. The molecule has 0 bridgehead atoms. The van der Waals surface area contributed by atoms with E-state index in [1.165, 1.54) is 0 Å². The number of rotatable bonds is 2. The summed E-state index contributed by atoms with van der Waals surface area (Å²) in [5, 5.41) is 22.1. The van der Waals surface area contributed by atoms with E-state index in [1.807, 2.05) is 0 Å². The first kappa shape index (κ1) is 25.9. The van der Waals surface area contributed by atoms with Crippen LogP contribution in [0.1, 0.15) is 11.1 Å². The molecule has 0 N–H and O–H groups in total. The van der Waals surface area contributed by atoms with Gasteiger partial charge < -0.3 is 10.2 Å². The minimum Gasteiger partial charge on any atom is -0.872 e. The molecule has 0 atom stereocenters. The molecule has 10 heteroatoms. The maximum atomic E-state index is 13.6. The Morgan fingerprint density at radius 3 is 0.960 bits per heavy atom. The van der Waals surface area contributed by atoms with Gasteiger partial charge in [-0.15, -0.1) is 11.5 Å². The fourth-order valence-corrected chi connectivity index (χ4v) is 2.39. The van der Waals surface area contributed by atoms with Crippen LogP contribution in [0.3, 0.4) is 0 Å². The zero-order chi connectivity index (χ0) is 17.5. The van der Waals surface area contributed by atoms with Gasteiger partial charge in [-0.25, -0.2) is 0 Å². The van der Waals surface area contributed by atoms with Gasteiger partial charge in [-0.05, 0) is 11.1 Å². The van der Waals surface area contributed by atoms with Crippen LogP contribution in [-0.4, -0.2) is 12.4 Å². The van der Waals surface area contributed by atoms with Gasteiger partial charge in [0.2, 0.25) is 5.41 Å². The zero-order valence-electron chi connectivity index (χ0n) is 13.2. The second kappa shape index (κ2) is 9.39. The van der Waals surface area contributed by atoms with Gasteiger partial charge in [0.05, 0.1) is 0 Å². The summed E-state index contributed by atoms with van der Waals surface area (Å²) in [4.78, 5) is 0. The van der Waals surface area contributed by atoms with E-state index < -0.39 is 40.4 Å². The van der Waals surface area contributed by atoms with E-state index >= 15 is 0 Å². The largest absolute Gasteiger partial charge is 1.00 e. The van der Waals surface area contributed by atoms with Crippen molar-refractivity contribution < 1.29 is 139 Å². The van der Waals surface area contributed by atoms with E-state index in [9.17, 15) is 36.6 Å². The van der Waals surface area contributed by atoms with Crippen molar-refractivity contribution in [3.8, 4) is 11.5 Å². The summed E-state index contributed by atoms with van der Waals surface area (Å²) in [5.41, 5.74) is -6.62. The summed E-state index contributed by atoms with van der Waals surface area (Å²) in [6, 6.07) is 4.49. The maximum absolute atomic E-state index is 13.6. The molecule has 0 saturated carbocycles. The minimum absolute atomic E-state index is 0. The van der Waals surface area contributed by atoms with Gasteiger partial charge in [-0.1, -0.05) is 48.5 Å². The van der Waals surface area contributed by atoms with Gasteiger partial charge in [-0.3, -0.25) is 0 Å². The van der Waals surface area contributed by atoms with Crippen molar-refractivity contribution >= 4 is 0 Å². The molecule has 0 aliphatic rings. The Morgan fingerprint density at radius 2 is 0.760 bits per heavy atom. The number of hydrogen-bond donors (Lipinski definition) is 0. The Labute approximate surface area is 224 Å². The van der Waals surface area contributed by atoms with Gasteiger partial charge in [0.25, 0.3) is 0 Å². The van der Waals surface area contributed by atoms with E-state index in [2.05, 4.69) is 0 Å². The van der Waals surface area contributed by atoms with Crippen LogP contribution in [0.2, 0.25) is 0 Å². The normalized spacial score (nSPS) is 12.1. The van der Waals surface area contributed by atoms with Crippen molar-refractivity contribution in [2.45, 2.75) is 17.8 Å². The van der Waals surface area contributed by atoms with Crippen molar-refractivity contribution in [2.75, 3.05) is 0 Å². The molecule has 0 amide bonds. The molecule has 0 aliphatic heterocycles. The molecule has 0 radical (unpaired) electrons. The number of alkyl halides is 6. The molecule has 2 aromatic rings. The molecular weight excluding hydrogens is 404 g/mol. The molecular formula is C15H8F6K2O2. The van der Waals surface area contributed by atoms with Crippen LogP contribution in [-0.2, 0) is 5.41 Å². The smallest absolute Gasteiger partial charge is 0.872 e. The van der Waals surface area contributed by atoms with Crippen LogP contribution in [0.5, 0.6) is 11.5 Å². The van der Waals surface area contributed by atoms with E-state index in [0.717, 1.165) is 0 Å². The Bertz CT molecular complexity index is 620. The molecule has 2 aromatic carbocycles. The average molecular weight is 412 g/mol. The second-order valence-corrected chi connectivity index (χ2v) is 4.79. The molecule has 0 spiro atoms. The molecule has 0 aliphatic carbocycles. The molecule has 0 saturated heterocycles. The van der Waals surface area contributed by atoms with Gasteiger partial charge in [0, 0.05) is 0 Å². The molecule has 2 rings (SSSR count). The molecule has 0 heterocycles. The van der Waals surface area contributed by atoms with Crippen molar-refractivity contribution in [1.82, 2.24) is 0 Å². The first-order valence-corrected chi connectivity index (χ1v) is 6.18. The number of halogens is 6. The van der Waals surface area contributed by atoms with Crippen molar-refractivity contribution in [2.24, 2.45) is 0 Å². The van der Waals surface area contributed by atoms with Crippen molar-refractivity contribution in [1.29, 1.82) is 0 Å². The average Bonchev–Trinajstić information content (AvgIpc) is 2.40. The van der Waals surface area contributed by atoms with Crippen LogP contribution in [0, 0.1) is 0 Å². The molecule has 124 valence electrons. The SMILES string of the molecule is [K+].[K+].[O-]c1ccc(C(c2ccc([O-])cc2)(C(F)(F)F)C(F)(F)F)cc1. The summed E-state index contributed by atoms with van der Waals surface area (Å²) in [7, 11) is 0. The fraction of sp³-hybridized carbons (Fsp3) is 0.200. The summed E-state index contributed by atoms with van der Waals surface area (Å²) in [5.74, 6) is -1.44. The third-order valence-electron chi connectivity index (χ3n) is 3.43. The van der Waals surface area contributed by atoms with Crippen molar-refractivity contribution in [3.05, 3.63) is 59.7 Å². The Kier molecular flexibility index (Phi) is 9.73. The van der Waals surface area contributed by atoms with Gasteiger partial charge in [0.15, 0.2) is 0 Å². The van der Waals surface area contributed by atoms with E-state index in [4.69, 9.17) is 0 Å². The molecule has 0 fully saturated rings. The minimum atomic E-state index is -5.74. The Balaban J connectivity index is 0.00000288. The predicted octanol–water partition coefficient (Wildman–Crippen LogP) is -2.75.